The van der Waals surface area contributed by atoms with Crippen LogP contribution in [-0.2, 0) is 0 Å². The number of carbonyl (C=O) groups is 1. The van der Waals surface area contributed by atoms with E-state index in [-0.39, 0.29) is 17.0 Å². The van der Waals surface area contributed by atoms with E-state index < -0.39 is 12.5 Å². The van der Waals surface area contributed by atoms with Gasteiger partial charge in [0.2, 0.25) is 0 Å². The quantitative estimate of drug-likeness (QED) is 0.756. The zero-order valence-corrected chi connectivity index (χ0v) is 10.8. The molecule has 0 saturated carbocycles. The minimum absolute atomic E-state index is 0.127. The maximum Gasteiger partial charge on any atom is 0.387 e. The normalized spacial score (nSPS) is 10.4. The third kappa shape index (κ3) is 3.82. The molecule has 0 spiro atoms. The molecule has 7 heteroatoms. The molecule has 5 nitrogen and oxygen atoms in total. The number of alkyl halides is 2. The summed E-state index contributed by atoms with van der Waals surface area (Å²) in [6.07, 6.45) is 0. The molecule has 0 fully saturated rings. The molecule has 0 aliphatic rings. The molecular weight excluding hydrogens is 280 g/mol. The fraction of sp³-hybridized carbons (Fsp3) is 0.0714. The van der Waals surface area contributed by atoms with Gasteiger partial charge in [0.1, 0.15) is 5.75 Å². The van der Waals surface area contributed by atoms with Crippen molar-refractivity contribution in [3.05, 3.63) is 48.0 Å². The zero-order chi connectivity index (χ0) is 15.4. The number of nitrogens with one attached hydrogen (secondary N) is 1. The van der Waals surface area contributed by atoms with E-state index >= 15 is 0 Å². The molecule has 0 aliphatic carbocycles. The second kappa shape index (κ2) is 6.08. The van der Waals surface area contributed by atoms with Crippen LogP contribution in [0.25, 0.3) is 0 Å². The Balaban J connectivity index is 2.23. The first-order chi connectivity index (χ1) is 9.95. The number of nitrogens with two attached hydrogens (primary N) is 2. The second-order valence-corrected chi connectivity index (χ2v) is 4.22. The minimum Gasteiger partial charge on any atom is -0.433 e. The maximum atomic E-state index is 12.3. The summed E-state index contributed by atoms with van der Waals surface area (Å²) in [5, 5.41) is 2.48. The standard InChI is InChI=1S/C14H13F2N3O2/c15-14(16)21-12-4-2-1-3-11(12)19-13(20)8-5-9(17)7-10(18)6-8/h1-7,14H,17-18H2,(H,19,20). The number of ether oxygens (including phenoxy) is 1. The summed E-state index contributed by atoms with van der Waals surface area (Å²) in [4.78, 5) is 12.1. The topological polar surface area (TPSA) is 90.4 Å². The van der Waals surface area contributed by atoms with Crippen LogP contribution in [0.1, 0.15) is 10.4 Å². The number of rotatable bonds is 4. The molecule has 2 rings (SSSR count). The molecule has 2 aromatic rings. The van der Waals surface area contributed by atoms with Gasteiger partial charge in [-0.05, 0) is 30.3 Å². The van der Waals surface area contributed by atoms with Gasteiger partial charge in [-0.25, -0.2) is 0 Å². The summed E-state index contributed by atoms with van der Waals surface area (Å²) in [7, 11) is 0. The molecule has 0 aliphatic heterocycles. The molecule has 0 aromatic heterocycles. The minimum atomic E-state index is -2.98. The SMILES string of the molecule is Nc1cc(N)cc(C(=O)Nc2ccccc2OC(F)F)c1. The van der Waals surface area contributed by atoms with Gasteiger partial charge in [-0.15, -0.1) is 0 Å². The molecule has 110 valence electrons. The number of amides is 1. The Morgan fingerprint density at radius 3 is 2.33 bits per heavy atom. The van der Waals surface area contributed by atoms with Crippen LogP contribution in [0.3, 0.4) is 0 Å². The molecular formula is C14H13F2N3O2. The van der Waals surface area contributed by atoms with Gasteiger partial charge >= 0.3 is 6.61 Å². The lowest BCUT2D eigenvalue weighted by atomic mass is 10.1. The Bertz CT molecular complexity index is 642. The summed E-state index contributed by atoms with van der Waals surface area (Å²) in [5.41, 5.74) is 12.2. The van der Waals surface area contributed by atoms with E-state index in [0.717, 1.165) is 0 Å². The van der Waals surface area contributed by atoms with Crippen molar-refractivity contribution >= 4 is 23.0 Å². The lowest BCUT2D eigenvalue weighted by Crippen LogP contribution is -2.14. The van der Waals surface area contributed by atoms with Crippen molar-refractivity contribution in [2.75, 3.05) is 16.8 Å². The Labute approximate surface area is 119 Å². The lowest BCUT2D eigenvalue weighted by molar-refractivity contribution is -0.0493. The molecule has 5 N–H and O–H groups in total. The van der Waals surface area contributed by atoms with Crippen LogP contribution in [0.2, 0.25) is 0 Å². The van der Waals surface area contributed by atoms with E-state index in [1.54, 1.807) is 6.07 Å². The number of hydrogen-bond donors (Lipinski definition) is 3. The van der Waals surface area contributed by atoms with E-state index in [0.29, 0.717) is 11.4 Å². The predicted octanol–water partition coefficient (Wildman–Crippen LogP) is 2.70. The number of benzene rings is 2. The smallest absolute Gasteiger partial charge is 0.387 e. The van der Waals surface area contributed by atoms with Gasteiger partial charge in [0.25, 0.3) is 5.91 Å². The molecule has 0 heterocycles. The van der Waals surface area contributed by atoms with Crippen molar-refractivity contribution in [3.8, 4) is 5.75 Å². The molecule has 0 radical (unpaired) electrons. The highest BCUT2D eigenvalue weighted by Crippen LogP contribution is 2.26. The van der Waals surface area contributed by atoms with E-state index in [9.17, 15) is 13.6 Å². The number of halogens is 2. The molecule has 1 amide bonds. The third-order valence-corrected chi connectivity index (χ3v) is 2.59. The van der Waals surface area contributed by atoms with Gasteiger partial charge in [-0.1, -0.05) is 12.1 Å². The van der Waals surface area contributed by atoms with Crippen LogP contribution in [-0.4, -0.2) is 12.5 Å². The van der Waals surface area contributed by atoms with E-state index in [2.05, 4.69) is 10.1 Å². The van der Waals surface area contributed by atoms with E-state index in [1.165, 1.54) is 36.4 Å². The van der Waals surface area contributed by atoms with Gasteiger partial charge in [-0.2, -0.15) is 8.78 Å². The number of para-hydroxylation sites is 2. The summed E-state index contributed by atoms with van der Waals surface area (Å²) in [6, 6.07) is 10.3. The summed E-state index contributed by atoms with van der Waals surface area (Å²) >= 11 is 0. The number of anilines is 3. The van der Waals surface area contributed by atoms with Crippen molar-refractivity contribution in [2.24, 2.45) is 0 Å². The van der Waals surface area contributed by atoms with Crippen LogP contribution in [0.4, 0.5) is 25.8 Å². The van der Waals surface area contributed by atoms with Crippen molar-refractivity contribution in [1.82, 2.24) is 0 Å². The highest BCUT2D eigenvalue weighted by molar-refractivity contribution is 6.06. The highest BCUT2D eigenvalue weighted by atomic mass is 19.3. The predicted molar refractivity (Wildman–Crippen MR) is 76.3 cm³/mol. The van der Waals surface area contributed by atoms with E-state index in [4.69, 9.17) is 11.5 Å². The number of hydrogen-bond acceptors (Lipinski definition) is 4. The first kappa shape index (κ1) is 14.6. The van der Waals surface area contributed by atoms with Crippen LogP contribution >= 0.6 is 0 Å². The Morgan fingerprint density at radius 1 is 1.10 bits per heavy atom. The fourth-order valence-electron chi connectivity index (χ4n) is 1.77. The number of carbonyl (C=O) groups excluding carboxylic acids is 1. The highest BCUT2D eigenvalue weighted by Gasteiger charge is 2.13. The second-order valence-electron chi connectivity index (χ2n) is 4.22. The fourth-order valence-corrected chi connectivity index (χ4v) is 1.77. The summed E-state index contributed by atoms with van der Waals surface area (Å²) in [6.45, 7) is -2.98. The molecule has 2 aromatic carbocycles. The van der Waals surface area contributed by atoms with Gasteiger partial charge in [0.15, 0.2) is 0 Å². The molecule has 0 atom stereocenters. The molecule has 0 unspecified atom stereocenters. The Kier molecular flexibility index (Phi) is 4.22. The van der Waals surface area contributed by atoms with Gasteiger partial charge in [0.05, 0.1) is 5.69 Å². The average molecular weight is 293 g/mol. The Hall–Kier alpha value is -2.83. The first-order valence-electron chi connectivity index (χ1n) is 5.97. The largest absolute Gasteiger partial charge is 0.433 e. The van der Waals surface area contributed by atoms with Crippen molar-refractivity contribution < 1.29 is 18.3 Å². The van der Waals surface area contributed by atoms with Gasteiger partial charge < -0.3 is 21.5 Å². The summed E-state index contributed by atoms with van der Waals surface area (Å²) < 4.78 is 28.9. The monoisotopic (exact) mass is 293 g/mol. The van der Waals surface area contributed by atoms with Crippen LogP contribution in [0.5, 0.6) is 5.75 Å². The van der Waals surface area contributed by atoms with Crippen molar-refractivity contribution in [3.63, 3.8) is 0 Å². The van der Waals surface area contributed by atoms with Crippen LogP contribution < -0.4 is 21.5 Å². The van der Waals surface area contributed by atoms with E-state index in [1.807, 2.05) is 0 Å². The van der Waals surface area contributed by atoms with Gasteiger partial charge in [-0.3, -0.25) is 4.79 Å². The molecule has 21 heavy (non-hydrogen) atoms. The third-order valence-electron chi connectivity index (χ3n) is 2.59. The molecule has 0 bridgehead atoms. The average Bonchev–Trinajstić information content (AvgIpc) is 2.39. The lowest BCUT2D eigenvalue weighted by Gasteiger charge is -2.12. The first-order valence-corrected chi connectivity index (χ1v) is 5.97. The van der Waals surface area contributed by atoms with Crippen molar-refractivity contribution in [1.29, 1.82) is 0 Å². The van der Waals surface area contributed by atoms with Gasteiger partial charge in [0, 0.05) is 16.9 Å². The van der Waals surface area contributed by atoms with Crippen LogP contribution in [0.15, 0.2) is 42.5 Å². The molecule has 0 saturated heterocycles. The maximum absolute atomic E-state index is 12.3. The van der Waals surface area contributed by atoms with Crippen LogP contribution in [0, 0.1) is 0 Å². The van der Waals surface area contributed by atoms with Crippen molar-refractivity contribution in [2.45, 2.75) is 6.61 Å². The zero-order valence-electron chi connectivity index (χ0n) is 10.8. The summed E-state index contributed by atoms with van der Waals surface area (Å²) in [5.74, 6) is -0.656. The number of nitrogen functional groups attached to an aromatic ring is 2. The Morgan fingerprint density at radius 2 is 1.71 bits per heavy atom.